The van der Waals surface area contributed by atoms with Crippen LogP contribution in [0.5, 0.6) is 5.75 Å². The summed E-state index contributed by atoms with van der Waals surface area (Å²) in [5.74, 6) is -0.527. The summed E-state index contributed by atoms with van der Waals surface area (Å²) in [6.45, 7) is 6.64. The molecule has 0 aliphatic carbocycles. The van der Waals surface area contributed by atoms with Crippen LogP contribution in [0.1, 0.15) is 39.2 Å². The number of hydrogen-bond donors (Lipinski definition) is 1. The number of benzene rings is 2. The number of nitrogens with zero attached hydrogens (tertiary/aromatic N) is 1. The summed E-state index contributed by atoms with van der Waals surface area (Å²) in [5.41, 5.74) is -0.0546. The number of carbonyl (C=O) groups is 1. The molecule has 1 atom stereocenters. The SMILES string of the molecule is CC(C)(C)NC(=O)N(Cc1cc(Cl)ccc1OS(=O)(=O)c1ccc(F)cc1)C[C@H]1CCCO1. The van der Waals surface area contributed by atoms with E-state index < -0.39 is 21.5 Å². The fraction of sp³-hybridized carbons (Fsp3) is 0.435. The molecule has 3 rings (SSSR count). The summed E-state index contributed by atoms with van der Waals surface area (Å²) in [6.07, 6.45) is 1.64. The third-order valence-corrected chi connectivity index (χ3v) is 6.39. The van der Waals surface area contributed by atoms with Crippen molar-refractivity contribution in [1.29, 1.82) is 0 Å². The van der Waals surface area contributed by atoms with Crippen LogP contribution in [-0.2, 0) is 21.4 Å². The van der Waals surface area contributed by atoms with Crippen LogP contribution in [0, 0.1) is 5.82 Å². The van der Waals surface area contributed by atoms with E-state index in [0.29, 0.717) is 23.7 Å². The van der Waals surface area contributed by atoms with Gasteiger partial charge in [-0.2, -0.15) is 8.42 Å². The van der Waals surface area contributed by atoms with Crippen molar-refractivity contribution in [2.75, 3.05) is 13.2 Å². The van der Waals surface area contributed by atoms with E-state index in [2.05, 4.69) is 5.32 Å². The van der Waals surface area contributed by atoms with Gasteiger partial charge in [-0.1, -0.05) is 11.6 Å². The van der Waals surface area contributed by atoms with Crippen LogP contribution in [0.25, 0.3) is 0 Å². The molecule has 0 bridgehead atoms. The fourth-order valence-electron chi connectivity index (χ4n) is 3.38. The first-order valence-corrected chi connectivity index (χ1v) is 12.4. The van der Waals surface area contributed by atoms with Crippen molar-refractivity contribution in [1.82, 2.24) is 10.2 Å². The highest BCUT2D eigenvalue weighted by Gasteiger charge is 2.27. The first-order chi connectivity index (χ1) is 15.4. The van der Waals surface area contributed by atoms with E-state index in [-0.39, 0.29) is 29.3 Å². The summed E-state index contributed by atoms with van der Waals surface area (Å²) >= 11 is 6.17. The molecule has 1 aliphatic rings. The quantitative estimate of drug-likeness (QED) is 0.557. The third kappa shape index (κ3) is 7.31. The number of ether oxygens (including phenoxy) is 1. The van der Waals surface area contributed by atoms with E-state index in [1.54, 1.807) is 11.0 Å². The maximum atomic E-state index is 13.2. The Kier molecular flexibility index (Phi) is 7.87. The topological polar surface area (TPSA) is 84.9 Å². The molecule has 180 valence electrons. The van der Waals surface area contributed by atoms with Gasteiger partial charge >= 0.3 is 16.1 Å². The average molecular weight is 499 g/mol. The minimum Gasteiger partial charge on any atom is -0.379 e. The number of carbonyl (C=O) groups excluding carboxylic acids is 1. The van der Waals surface area contributed by atoms with E-state index >= 15 is 0 Å². The van der Waals surface area contributed by atoms with Gasteiger partial charge in [-0.3, -0.25) is 0 Å². The van der Waals surface area contributed by atoms with Crippen molar-refractivity contribution in [2.45, 2.75) is 56.7 Å². The van der Waals surface area contributed by atoms with E-state index in [1.807, 2.05) is 20.8 Å². The molecule has 10 heteroatoms. The summed E-state index contributed by atoms with van der Waals surface area (Å²) in [6, 6.07) is 8.51. The Balaban J connectivity index is 1.88. The molecule has 1 aliphatic heterocycles. The Labute approximate surface area is 198 Å². The molecule has 1 fully saturated rings. The molecular formula is C23H28ClFN2O5S. The van der Waals surface area contributed by atoms with E-state index in [1.165, 1.54) is 12.1 Å². The van der Waals surface area contributed by atoms with Crippen molar-refractivity contribution in [3.05, 3.63) is 58.9 Å². The van der Waals surface area contributed by atoms with Gasteiger partial charge in [0.1, 0.15) is 16.5 Å². The molecule has 0 aromatic heterocycles. The normalized spacial score (nSPS) is 16.5. The molecule has 1 N–H and O–H groups in total. The molecule has 2 aromatic rings. The fourth-order valence-corrected chi connectivity index (χ4v) is 4.54. The van der Waals surface area contributed by atoms with Crippen molar-refractivity contribution in [3.63, 3.8) is 0 Å². The molecular weight excluding hydrogens is 471 g/mol. The van der Waals surface area contributed by atoms with Gasteiger partial charge in [0.15, 0.2) is 0 Å². The Hall–Kier alpha value is -2.36. The zero-order chi connectivity index (χ0) is 24.2. The van der Waals surface area contributed by atoms with Gasteiger partial charge in [0, 0.05) is 29.3 Å². The third-order valence-electron chi connectivity index (χ3n) is 4.90. The molecule has 1 saturated heterocycles. The van der Waals surface area contributed by atoms with Crippen LogP contribution in [0.3, 0.4) is 0 Å². The molecule has 2 aromatic carbocycles. The monoisotopic (exact) mass is 498 g/mol. The van der Waals surface area contributed by atoms with Crippen molar-refractivity contribution in [3.8, 4) is 5.75 Å². The van der Waals surface area contributed by atoms with E-state index in [4.69, 9.17) is 20.5 Å². The molecule has 0 saturated carbocycles. The van der Waals surface area contributed by atoms with Gasteiger partial charge in [-0.05, 0) is 76.1 Å². The standard InChI is InChI=1S/C23H28ClFN2O5S/c1-23(2,3)26-22(28)27(15-19-5-4-12-31-19)14-16-13-17(24)6-11-21(16)32-33(29,30)20-9-7-18(25)8-10-20/h6-11,13,19H,4-5,12,14-15H2,1-3H3,(H,26,28)/t19-/m1/s1. The number of urea groups is 1. The second kappa shape index (κ2) is 10.3. The van der Waals surface area contributed by atoms with Gasteiger partial charge in [-0.25, -0.2) is 9.18 Å². The van der Waals surface area contributed by atoms with Crippen LogP contribution < -0.4 is 9.50 Å². The lowest BCUT2D eigenvalue weighted by Gasteiger charge is -2.30. The highest BCUT2D eigenvalue weighted by molar-refractivity contribution is 7.87. The van der Waals surface area contributed by atoms with Gasteiger partial charge in [-0.15, -0.1) is 0 Å². The summed E-state index contributed by atoms with van der Waals surface area (Å²) in [5, 5.41) is 3.30. The smallest absolute Gasteiger partial charge is 0.339 e. The van der Waals surface area contributed by atoms with Crippen LogP contribution in [0.4, 0.5) is 9.18 Å². The van der Waals surface area contributed by atoms with Gasteiger partial charge in [0.05, 0.1) is 12.6 Å². The zero-order valence-corrected chi connectivity index (χ0v) is 20.4. The Bertz CT molecular complexity index is 1080. The number of hydrogen-bond acceptors (Lipinski definition) is 5. The number of nitrogens with one attached hydrogen (secondary N) is 1. The van der Waals surface area contributed by atoms with Crippen molar-refractivity contribution in [2.24, 2.45) is 0 Å². The second-order valence-corrected chi connectivity index (χ2v) is 10.9. The highest BCUT2D eigenvalue weighted by Crippen LogP contribution is 2.28. The average Bonchev–Trinajstić information content (AvgIpc) is 3.21. The lowest BCUT2D eigenvalue weighted by Crippen LogP contribution is -2.50. The molecule has 0 unspecified atom stereocenters. The largest absolute Gasteiger partial charge is 0.379 e. The number of rotatable bonds is 7. The molecule has 7 nitrogen and oxygen atoms in total. The first kappa shape index (κ1) is 25.3. The number of halogens is 2. The summed E-state index contributed by atoms with van der Waals surface area (Å²) < 4.78 is 49.8. The van der Waals surface area contributed by atoms with Crippen LogP contribution >= 0.6 is 11.6 Å². The highest BCUT2D eigenvalue weighted by atomic mass is 35.5. The predicted molar refractivity (Wildman–Crippen MR) is 123 cm³/mol. The van der Waals surface area contributed by atoms with Crippen LogP contribution in [0.15, 0.2) is 47.4 Å². The molecule has 0 spiro atoms. The van der Waals surface area contributed by atoms with Crippen LogP contribution in [-0.4, -0.2) is 44.1 Å². The molecule has 0 radical (unpaired) electrons. The summed E-state index contributed by atoms with van der Waals surface area (Å²) in [4.78, 5) is 14.4. The zero-order valence-electron chi connectivity index (χ0n) is 18.8. The van der Waals surface area contributed by atoms with Gasteiger partial charge in [0.2, 0.25) is 0 Å². The summed E-state index contributed by atoms with van der Waals surface area (Å²) in [7, 11) is -4.23. The van der Waals surface area contributed by atoms with E-state index in [9.17, 15) is 17.6 Å². The first-order valence-electron chi connectivity index (χ1n) is 10.6. The van der Waals surface area contributed by atoms with E-state index in [0.717, 1.165) is 37.1 Å². The maximum absolute atomic E-state index is 13.2. The van der Waals surface area contributed by atoms with Crippen molar-refractivity contribution < 1.29 is 26.5 Å². The molecule has 1 heterocycles. The Morgan fingerprint density at radius 2 is 1.94 bits per heavy atom. The van der Waals surface area contributed by atoms with Gasteiger partial charge in [0.25, 0.3) is 0 Å². The number of amides is 2. The lowest BCUT2D eigenvalue weighted by molar-refractivity contribution is 0.0780. The Morgan fingerprint density at radius 3 is 2.55 bits per heavy atom. The molecule has 2 amide bonds. The Morgan fingerprint density at radius 1 is 1.24 bits per heavy atom. The van der Waals surface area contributed by atoms with Crippen molar-refractivity contribution >= 4 is 27.8 Å². The lowest BCUT2D eigenvalue weighted by atomic mass is 10.1. The van der Waals surface area contributed by atoms with Gasteiger partial charge < -0.3 is 19.1 Å². The van der Waals surface area contributed by atoms with Crippen LogP contribution in [0.2, 0.25) is 5.02 Å². The minimum atomic E-state index is -4.23. The minimum absolute atomic E-state index is 0.0321. The molecule has 33 heavy (non-hydrogen) atoms. The second-order valence-electron chi connectivity index (χ2n) is 8.94. The maximum Gasteiger partial charge on any atom is 0.339 e. The predicted octanol–water partition coefficient (Wildman–Crippen LogP) is 4.74.